The van der Waals surface area contributed by atoms with E-state index in [1.807, 2.05) is 0 Å². The zero-order valence-electron chi connectivity index (χ0n) is 12.0. The van der Waals surface area contributed by atoms with Gasteiger partial charge < -0.3 is 0 Å². The fourth-order valence-electron chi connectivity index (χ4n) is 2.52. The van der Waals surface area contributed by atoms with Crippen molar-refractivity contribution in [1.29, 1.82) is 0 Å². The zero-order chi connectivity index (χ0) is 14.2. The summed E-state index contributed by atoms with van der Waals surface area (Å²) in [5.41, 5.74) is 8.63. The number of hydrogen-bond donors (Lipinski definition) is 0. The average molecular weight is 315 g/mol. The molecule has 1 heteroatoms. The molecule has 0 bridgehead atoms. The first-order chi connectivity index (χ1) is 8.91. The van der Waals surface area contributed by atoms with Gasteiger partial charge in [-0.1, -0.05) is 58.4 Å². The molecule has 0 aromatic heterocycles. The molecule has 0 nitrogen and oxygen atoms in total. The number of hydrogen-bond acceptors (Lipinski definition) is 0. The maximum atomic E-state index is 4.30. The second-order valence-electron chi connectivity index (χ2n) is 5.17. The molecule has 98 valence electrons. The van der Waals surface area contributed by atoms with Crippen molar-refractivity contribution in [2.75, 3.05) is 0 Å². The summed E-state index contributed by atoms with van der Waals surface area (Å²) < 4.78 is 1.18. The lowest BCUT2D eigenvalue weighted by Crippen LogP contribution is -1.97. The zero-order valence-corrected chi connectivity index (χ0v) is 13.6. The highest BCUT2D eigenvalue weighted by Crippen LogP contribution is 2.33. The third-order valence-corrected chi connectivity index (χ3v) is 4.80. The van der Waals surface area contributed by atoms with Crippen LogP contribution in [0.4, 0.5) is 0 Å². The van der Waals surface area contributed by atoms with Crippen LogP contribution in [0.15, 0.2) is 41.4 Å². The van der Waals surface area contributed by atoms with Crippen LogP contribution < -0.4 is 0 Å². The molecular weight excluding hydrogens is 296 g/mol. The summed E-state index contributed by atoms with van der Waals surface area (Å²) in [6.07, 6.45) is 0. The van der Waals surface area contributed by atoms with Gasteiger partial charge in [-0.3, -0.25) is 0 Å². The van der Waals surface area contributed by atoms with Gasteiger partial charge in [-0.15, -0.1) is 0 Å². The first kappa shape index (κ1) is 14.1. The van der Waals surface area contributed by atoms with Crippen LogP contribution in [-0.4, -0.2) is 0 Å². The molecule has 0 atom stereocenters. The van der Waals surface area contributed by atoms with Gasteiger partial charge in [-0.2, -0.15) is 0 Å². The van der Waals surface area contributed by atoms with E-state index in [2.05, 4.69) is 80.5 Å². The van der Waals surface area contributed by atoms with E-state index in [4.69, 9.17) is 0 Å². The Hall–Kier alpha value is -1.34. The highest BCUT2D eigenvalue weighted by molar-refractivity contribution is 9.10. The number of rotatable bonds is 2. The average Bonchev–Trinajstić information content (AvgIpc) is 2.37. The molecule has 2 aromatic carbocycles. The molecule has 19 heavy (non-hydrogen) atoms. The van der Waals surface area contributed by atoms with Crippen LogP contribution in [0.25, 0.3) is 5.57 Å². The van der Waals surface area contributed by atoms with Crippen LogP contribution in [0.1, 0.15) is 33.4 Å². The van der Waals surface area contributed by atoms with Crippen LogP contribution in [0.2, 0.25) is 0 Å². The van der Waals surface area contributed by atoms with Crippen molar-refractivity contribution in [2.45, 2.75) is 27.7 Å². The molecule has 0 heterocycles. The SMILES string of the molecule is C=C(c1ccc(C)cc1)c1c(C)cc(C)c(Br)c1C. The maximum absolute atomic E-state index is 4.30. The molecule has 0 saturated carbocycles. The van der Waals surface area contributed by atoms with Gasteiger partial charge in [0.05, 0.1) is 0 Å². The summed E-state index contributed by atoms with van der Waals surface area (Å²) >= 11 is 3.68. The molecule has 2 rings (SSSR count). The molecular formula is C18H19Br. The van der Waals surface area contributed by atoms with Crippen molar-refractivity contribution in [2.24, 2.45) is 0 Å². The van der Waals surface area contributed by atoms with E-state index in [0.29, 0.717) is 0 Å². The topological polar surface area (TPSA) is 0 Å². The predicted octanol–water partition coefficient (Wildman–Crippen LogP) is 5.74. The van der Waals surface area contributed by atoms with E-state index in [1.165, 1.54) is 37.9 Å². The summed E-state index contributed by atoms with van der Waals surface area (Å²) in [6.45, 7) is 12.8. The summed E-state index contributed by atoms with van der Waals surface area (Å²) in [5, 5.41) is 0. The third-order valence-electron chi connectivity index (χ3n) is 3.58. The number of benzene rings is 2. The van der Waals surface area contributed by atoms with Crippen LogP contribution in [0, 0.1) is 27.7 Å². The minimum Gasteiger partial charge on any atom is -0.0905 e. The molecule has 2 aromatic rings. The van der Waals surface area contributed by atoms with Crippen LogP contribution in [0.3, 0.4) is 0 Å². The van der Waals surface area contributed by atoms with Gasteiger partial charge in [0.2, 0.25) is 0 Å². The highest BCUT2D eigenvalue weighted by Gasteiger charge is 2.13. The third kappa shape index (κ3) is 2.66. The Morgan fingerprint density at radius 2 is 1.53 bits per heavy atom. The van der Waals surface area contributed by atoms with Crippen LogP contribution in [0.5, 0.6) is 0 Å². The van der Waals surface area contributed by atoms with E-state index >= 15 is 0 Å². The van der Waals surface area contributed by atoms with Crippen molar-refractivity contribution in [3.63, 3.8) is 0 Å². The van der Waals surface area contributed by atoms with Crippen molar-refractivity contribution < 1.29 is 0 Å². The smallest absolute Gasteiger partial charge is 0.0240 e. The normalized spacial score (nSPS) is 10.6. The standard InChI is InChI=1S/C18H19Br/c1-11-6-8-16(9-7-11)14(4)17-12(2)10-13(3)18(19)15(17)5/h6-10H,4H2,1-3,5H3. The Bertz CT molecular complexity index is 634. The first-order valence-corrected chi connectivity index (χ1v) is 7.23. The number of aryl methyl sites for hydroxylation is 3. The van der Waals surface area contributed by atoms with E-state index in [0.717, 1.165) is 5.57 Å². The lowest BCUT2D eigenvalue weighted by molar-refractivity contribution is 1.26. The lowest BCUT2D eigenvalue weighted by Gasteiger charge is -2.16. The molecule has 0 radical (unpaired) electrons. The second kappa shape index (κ2) is 5.34. The molecule has 0 fully saturated rings. The minimum absolute atomic E-state index is 1.09. The van der Waals surface area contributed by atoms with Crippen molar-refractivity contribution in [1.82, 2.24) is 0 Å². The quantitative estimate of drug-likeness (QED) is 0.662. The van der Waals surface area contributed by atoms with E-state index in [-0.39, 0.29) is 0 Å². The van der Waals surface area contributed by atoms with Crippen LogP contribution in [-0.2, 0) is 0 Å². The van der Waals surface area contributed by atoms with E-state index in [9.17, 15) is 0 Å². The summed E-state index contributed by atoms with van der Waals surface area (Å²) in [5.74, 6) is 0. The van der Waals surface area contributed by atoms with Gasteiger partial charge in [0, 0.05) is 4.47 Å². The Kier molecular flexibility index (Phi) is 3.96. The maximum Gasteiger partial charge on any atom is 0.0240 e. The predicted molar refractivity (Wildman–Crippen MR) is 87.7 cm³/mol. The summed E-state index contributed by atoms with van der Waals surface area (Å²) in [4.78, 5) is 0. The Labute approximate surface area is 124 Å². The summed E-state index contributed by atoms with van der Waals surface area (Å²) in [7, 11) is 0. The monoisotopic (exact) mass is 314 g/mol. The largest absolute Gasteiger partial charge is 0.0905 e. The van der Waals surface area contributed by atoms with E-state index < -0.39 is 0 Å². The van der Waals surface area contributed by atoms with Crippen molar-refractivity contribution >= 4 is 21.5 Å². The highest BCUT2D eigenvalue weighted by atomic mass is 79.9. The summed E-state index contributed by atoms with van der Waals surface area (Å²) in [6, 6.07) is 10.8. The van der Waals surface area contributed by atoms with Gasteiger partial charge in [0.15, 0.2) is 0 Å². The number of halogens is 1. The fourth-order valence-corrected chi connectivity index (χ4v) is 2.84. The van der Waals surface area contributed by atoms with Crippen molar-refractivity contribution in [3.8, 4) is 0 Å². The second-order valence-corrected chi connectivity index (χ2v) is 5.96. The van der Waals surface area contributed by atoms with Gasteiger partial charge in [-0.05, 0) is 61.1 Å². The van der Waals surface area contributed by atoms with Crippen LogP contribution >= 0.6 is 15.9 Å². The molecule has 0 amide bonds. The molecule has 0 saturated heterocycles. The molecule has 0 N–H and O–H groups in total. The molecule has 0 aliphatic rings. The molecule has 0 aliphatic carbocycles. The molecule has 0 aliphatic heterocycles. The lowest BCUT2D eigenvalue weighted by atomic mass is 9.90. The fraction of sp³-hybridized carbons (Fsp3) is 0.222. The van der Waals surface area contributed by atoms with E-state index in [1.54, 1.807) is 0 Å². The minimum atomic E-state index is 1.09. The molecule has 0 spiro atoms. The van der Waals surface area contributed by atoms with Gasteiger partial charge in [-0.25, -0.2) is 0 Å². The first-order valence-electron chi connectivity index (χ1n) is 6.44. The van der Waals surface area contributed by atoms with Gasteiger partial charge in [0.25, 0.3) is 0 Å². The Morgan fingerprint density at radius 3 is 2.11 bits per heavy atom. The Morgan fingerprint density at radius 1 is 0.947 bits per heavy atom. The Balaban J connectivity index is 2.56. The van der Waals surface area contributed by atoms with Gasteiger partial charge >= 0.3 is 0 Å². The van der Waals surface area contributed by atoms with Gasteiger partial charge in [0.1, 0.15) is 0 Å². The van der Waals surface area contributed by atoms with Crippen molar-refractivity contribution in [3.05, 3.63) is 74.8 Å². The molecule has 0 unspecified atom stereocenters.